The third-order valence-electron chi connectivity index (χ3n) is 3.85. The van der Waals surface area contributed by atoms with E-state index in [1.165, 1.54) is 22.8 Å². The lowest BCUT2D eigenvalue weighted by Crippen LogP contribution is -2.33. The second kappa shape index (κ2) is 7.14. The molecule has 1 saturated carbocycles. The maximum Gasteiger partial charge on any atom is 0.120 e. The zero-order valence-corrected chi connectivity index (χ0v) is 13.5. The second-order valence-electron chi connectivity index (χ2n) is 5.32. The van der Waals surface area contributed by atoms with Crippen LogP contribution in [-0.2, 0) is 0 Å². The van der Waals surface area contributed by atoms with E-state index >= 15 is 0 Å². The van der Waals surface area contributed by atoms with E-state index in [1.807, 2.05) is 18.2 Å². The van der Waals surface area contributed by atoms with Crippen molar-refractivity contribution in [1.82, 2.24) is 0 Å². The van der Waals surface area contributed by atoms with Crippen LogP contribution in [0.15, 0.2) is 24.3 Å². The first-order valence-corrected chi connectivity index (χ1v) is 8.12. The number of hydrogen-bond donors (Lipinski definition) is 0. The normalized spacial score (nSPS) is 26.7. The van der Waals surface area contributed by atoms with Crippen LogP contribution in [0.2, 0.25) is 0 Å². The van der Waals surface area contributed by atoms with Crippen molar-refractivity contribution < 1.29 is 4.74 Å². The minimum atomic E-state index is 0.0472. The molecule has 3 atom stereocenters. The van der Waals surface area contributed by atoms with Crippen molar-refractivity contribution in [2.45, 2.75) is 45.1 Å². The van der Waals surface area contributed by atoms with Crippen LogP contribution in [0.3, 0.4) is 0 Å². The molecule has 1 aliphatic carbocycles. The minimum Gasteiger partial charge on any atom is -0.489 e. The molecule has 0 N–H and O–H groups in total. The summed E-state index contributed by atoms with van der Waals surface area (Å²) in [7, 11) is 0. The van der Waals surface area contributed by atoms with Gasteiger partial charge in [0.05, 0.1) is 12.0 Å². The summed E-state index contributed by atoms with van der Waals surface area (Å²) in [5, 5.41) is 9.28. The Kier molecular flexibility index (Phi) is 5.50. The van der Waals surface area contributed by atoms with Gasteiger partial charge >= 0.3 is 0 Å². The van der Waals surface area contributed by atoms with Crippen LogP contribution >= 0.6 is 22.6 Å². The number of rotatable bonds is 4. The average Bonchev–Trinajstić information content (AvgIpc) is 2.39. The van der Waals surface area contributed by atoms with E-state index < -0.39 is 0 Å². The zero-order chi connectivity index (χ0) is 13.7. The van der Waals surface area contributed by atoms with Crippen molar-refractivity contribution in [3.05, 3.63) is 27.8 Å². The lowest BCUT2D eigenvalue weighted by atomic mass is 9.78. The molecular formula is C16H20INO. The van der Waals surface area contributed by atoms with Crippen molar-refractivity contribution in [2.24, 2.45) is 11.8 Å². The Bertz CT molecular complexity index is 454. The number of hydrogen-bond acceptors (Lipinski definition) is 2. The molecule has 0 radical (unpaired) electrons. The Morgan fingerprint density at radius 2 is 2.26 bits per heavy atom. The molecule has 1 aromatic carbocycles. The third kappa shape index (κ3) is 4.10. The predicted molar refractivity (Wildman–Crippen MR) is 84.9 cm³/mol. The lowest BCUT2D eigenvalue weighted by Gasteiger charge is -2.33. The number of benzene rings is 1. The molecule has 102 valence electrons. The van der Waals surface area contributed by atoms with E-state index in [-0.39, 0.29) is 12.0 Å². The number of ether oxygens (including phenoxy) is 1. The Morgan fingerprint density at radius 3 is 2.95 bits per heavy atom. The molecule has 0 heterocycles. The maximum absolute atomic E-state index is 9.28. The number of halogens is 1. The molecule has 2 rings (SSSR count). The standard InChI is InChI=1S/C16H20INO/c1-2-4-12-7-8-13(11-18)16(9-12)19-15-6-3-5-14(17)10-15/h3,5-6,10,12-13,16H,2,4,7-9H2,1H3. The van der Waals surface area contributed by atoms with Gasteiger partial charge in [0.25, 0.3) is 0 Å². The number of nitrogens with zero attached hydrogens (tertiary/aromatic N) is 1. The van der Waals surface area contributed by atoms with Gasteiger partial charge in [0.15, 0.2) is 0 Å². The smallest absolute Gasteiger partial charge is 0.120 e. The lowest BCUT2D eigenvalue weighted by molar-refractivity contribution is 0.0875. The molecule has 0 aliphatic heterocycles. The molecule has 3 heteroatoms. The Balaban J connectivity index is 2.04. The Labute approximate surface area is 129 Å². The topological polar surface area (TPSA) is 33.0 Å². The molecule has 2 nitrogen and oxygen atoms in total. The summed E-state index contributed by atoms with van der Waals surface area (Å²) < 4.78 is 7.26. The summed E-state index contributed by atoms with van der Waals surface area (Å²) in [5.41, 5.74) is 0. The van der Waals surface area contributed by atoms with E-state index in [4.69, 9.17) is 4.74 Å². The second-order valence-corrected chi connectivity index (χ2v) is 6.56. The molecule has 0 aromatic heterocycles. The van der Waals surface area contributed by atoms with E-state index in [1.54, 1.807) is 0 Å². The van der Waals surface area contributed by atoms with Gasteiger partial charge in [-0.05, 0) is 66.0 Å². The molecule has 1 fully saturated rings. The maximum atomic E-state index is 9.28. The van der Waals surface area contributed by atoms with Gasteiger partial charge in [-0.2, -0.15) is 5.26 Å². The van der Waals surface area contributed by atoms with Crippen LogP contribution in [0.5, 0.6) is 5.75 Å². The predicted octanol–water partition coefficient (Wildman–Crippen LogP) is 4.78. The van der Waals surface area contributed by atoms with E-state index in [9.17, 15) is 5.26 Å². The van der Waals surface area contributed by atoms with Crippen LogP contribution in [0.25, 0.3) is 0 Å². The van der Waals surface area contributed by atoms with Gasteiger partial charge in [-0.25, -0.2) is 0 Å². The highest BCUT2D eigenvalue weighted by molar-refractivity contribution is 14.1. The van der Waals surface area contributed by atoms with Crippen molar-refractivity contribution >= 4 is 22.6 Å². The van der Waals surface area contributed by atoms with E-state index in [0.29, 0.717) is 0 Å². The molecule has 0 saturated heterocycles. The summed E-state index contributed by atoms with van der Waals surface area (Å²) >= 11 is 2.29. The van der Waals surface area contributed by atoms with Gasteiger partial charge in [-0.15, -0.1) is 0 Å². The molecule has 19 heavy (non-hydrogen) atoms. The molecule has 3 unspecified atom stereocenters. The van der Waals surface area contributed by atoms with Gasteiger partial charge in [0.2, 0.25) is 0 Å². The van der Waals surface area contributed by atoms with Gasteiger partial charge in [0, 0.05) is 3.57 Å². The number of nitriles is 1. The van der Waals surface area contributed by atoms with E-state index in [2.05, 4.69) is 41.7 Å². The zero-order valence-electron chi connectivity index (χ0n) is 11.3. The first kappa shape index (κ1) is 14.6. The summed E-state index contributed by atoms with van der Waals surface area (Å²) in [6.07, 6.45) is 5.72. The van der Waals surface area contributed by atoms with Gasteiger partial charge < -0.3 is 4.74 Å². The third-order valence-corrected chi connectivity index (χ3v) is 4.52. The Hall–Kier alpha value is -0.760. The fourth-order valence-electron chi connectivity index (χ4n) is 2.88. The SMILES string of the molecule is CCCC1CCC(C#N)C(Oc2cccc(I)c2)C1. The quantitative estimate of drug-likeness (QED) is 0.716. The van der Waals surface area contributed by atoms with Crippen molar-refractivity contribution in [3.8, 4) is 11.8 Å². The molecule has 0 bridgehead atoms. The van der Waals surface area contributed by atoms with Crippen molar-refractivity contribution in [2.75, 3.05) is 0 Å². The Morgan fingerprint density at radius 1 is 1.42 bits per heavy atom. The van der Waals surface area contributed by atoms with Crippen LogP contribution in [-0.4, -0.2) is 6.10 Å². The molecular weight excluding hydrogens is 349 g/mol. The molecule has 0 amide bonds. The van der Waals surface area contributed by atoms with Crippen LogP contribution in [0, 0.1) is 26.7 Å². The fourth-order valence-corrected chi connectivity index (χ4v) is 3.39. The first-order chi connectivity index (χ1) is 9.22. The summed E-state index contributed by atoms with van der Waals surface area (Å²) in [5.74, 6) is 1.67. The fraction of sp³-hybridized carbons (Fsp3) is 0.562. The molecule has 1 aliphatic rings. The van der Waals surface area contributed by atoms with Gasteiger partial charge in [-0.3, -0.25) is 0 Å². The van der Waals surface area contributed by atoms with Crippen LogP contribution in [0.1, 0.15) is 39.0 Å². The molecule has 1 aromatic rings. The molecule has 0 spiro atoms. The van der Waals surface area contributed by atoms with E-state index in [0.717, 1.165) is 24.5 Å². The van der Waals surface area contributed by atoms with Crippen molar-refractivity contribution in [3.63, 3.8) is 0 Å². The summed E-state index contributed by atoms with van der Waals surface area (Å²) in [4.78, 5) is 0. The summed E-state index contributed by atoms with van der Waals surface area (Å²) in [6, 6.07) is 10.5. The minimum absolute atomic E-state index is 0.0472. The summed E-state index contributed by atoms with van der Waals surface area (Å²) in [6.45, 7) is 2.23. The van der Waals surface area contributed by atoms with Crippen LogP contribution < -0.4 is 4.74 Å². The largest absolute Gasteiger partial charge is 0.489 e. The monoisotopic (exact) mass is 369 g/mol. The van der Waals surface area contributed by atoms with Crippen LogP contribution in [0.4, 0.5) is 0 Å². The average molecular weight is 369 g/mol. The highest BCUT2D eigenvalue weighted by Gasteiger charge is 2.31. The van der Waals surface area contributed by atoms with Crippen molar-refractivity contribution in [1.29, 1.82) is 5.26 Å². The highest BCUT2D eigenvalue weighted by Crippen LogP contribution is 2.34. The van der Waals surface area contributed by atoms with Gasteiger partial charge in [-0.1, -0.05) is 25.8 Å². The highest BCUT2D eigenvalue weighted by atomic mass is 127. The first-order valence-electron chi connectivity index (χ1n) is 7.04. The van der Waals surface area contributed by atoms with Gasteiger partial charge in [0.1, 0.15) is 11.9 Å².